The molecule has 6 heteroatoms. The maximum absolute atomic E-state index is 11.5. The molecule has 136 valence electrons. The number of rotatable bonds is 7. The van der Waals surface area contributed by atoms with Crippen LogP contribution in [0.2, 0.25) is 5.02 Å². The van der Waals surface area contributed by atoms with Gasteiger partial charge in [0.25, 0.3) is 0 Å². The molecule has 2 N–H and O–H groups in total. The van der Waals surface area contributed by atoms with Crippen molar-refractivity contribution in [3.8, 4) is 5.75 Å². The van der Waals surface area contributed by atoms with E-state index in [-0.39, 0.29) is 6.61 Å². The molecule has 0 aliphatic rings. The minimum Gasteiger partial charge on any atom is -0.491 e. The van der Waals surface area contributed by atoms with Crippen molar-refractivity contribution in [1.29, 1.82) is 0 Å². The Morgan fingerprint density at radius 3 is 2.88 bits per heavy atom. The predicted molar refractivity (Wildman–Crippen MR) is 102 cm³/mol. The first-order chi connectivity index (χ1) is 12.5. The third kappa shape index (κ3) is 4.85. The maximum Gasteiger partial charge on any atom is 0.336 e. The molecule has 1 heterocycles. The lowest BCUT2D eigenvalue weighted by Crippen LogP contribution is -2.31. The van der Waals surface area contributed by atoms with Gasteiger partial charge in [-0.05, 0) is 42.3 Å². The van der Waals surface area contributed by atoms with E-state index in [4.69, 9.17) is 20.8 Å². The minimum atomic E-state index is -0.672. The van der Waals surface area contributed by atoms with Crippen LogP contribution in [0.5, 0.6) is 5.75 Å². The lowest BCUT2D eigenvalue weighted by Gasteiger charge is -2.14. The van der Waals surface area contributed by atoms with E-state index in [9.17, 15) is 9.90 Å². The van der Waals surface area contributed by atoms with Crippen molar-refractivity contribution in [3.63, 3.8) is 0 Å². The Labute approximate surface area is 156 Å². The summed E-state index contributed by atoms with van der Waals surface area (Å²) in [7, 11) is 0. The molecule has 3 rings (SSSR count). The van der Waals surface area contributed by atoms with Gasteiger partial charge in [0.2, 0.25) is 0 Å². The van der Waals surface area contributed by atoms with Crippen LogP contribution in [0.1, 0.15) is 11.1 Å². The predicted octanol–water partition coefficient (Wildman–Crippen LogP) is 3.28. The van der Waals surface area contributed by atoms with Gasteiger partial charge in [-0.3, -0.25) is 0 Å². The van der Waals surface area contributed by atoms with Crippen LogP contribution >= 0.6 is 11.6 Å². The Balaban J connectivity index is 1.52. The molecule has 0 aliphatic heterocycles. The van der Waals surface area contributed by atoms with Gasteiger partial charge in [0.1, 0.15) is 24.0 Å². The minimum absolute atomic E-state index is 0.129. The number of ether oxygens (including phenoxy) is 1. The van der Waals surface area contributed by atoms with Crippen molar-refractivity contribution < 1.29 is 14.3 Å². The Morgan fingerprint density at radius 1 is 1.23 bits per heavy atom. The summed E-state index contributed by atoms with van der Waals surface area (Å²) in [6.45, 7) is 2.98. The molecule has 1 aromatic heterocycles. The zero-order valence-corrected chi connectivity index (χ0v) is 15.1. The van der Waals surface area contributed by atoms with E-state index >= 15 is 0 Å². The molecule has 0 aliphatic carbocycles. The maximum atomic E-state index is 11.5. The smallest absolute Gasteiger partial charge is 0.336 e. The summed E-state index contributed by atoms with van der Waals surface area (Å²) in [5.74, 6) is 0.542. The van der Waals surface area contributed by atoms with Crippen LogP contribution in [0.3, 0.4) is 0 Å². The SMILES string of the molecule is Cc1cc(=O)oc2cc(OCC(O)CNCc3cccc(Cl)c3)ccc12. The number of nitrogens with one attached hydrogen (secondary N) is 1. The van der Waals surface area contributed by atoms with E-state index in [1.54, 1.807) is 12.1 Å². The number of hydrogen-bond donors (Lipinski definition) is 2. The number of aliphatic hydroxyl groups is 1. The quantitative estimate of drug-likeness (QED) is 0.622. The average Bonchev–Trinajstić information content (AvgIpc) is 2.59. The van der Waals surface area contributed by atoms with Crippen LogP contribution in [-0.2, 0) is 6.54 Å². The van der Waals surface area contributed by atoms with Gasteiger partial charge in [-0.2, -0.15) is 0 Å². The second-order valence-corrected chi connectivity index (χ2v) is 6.57. The van der Waals surface area contributed by atoms with Crippen molar-refractivity contribution in [3.05, 3.63) is 75.1 Å². The Kier molecular flexibility index (Phi) is 5.93. The zero-order valence-electron chi connectivity index (χ0n) is 14.4. The molecule has 0 amide bonds. The lowest BCUT2D eigenvalue weighted by molar-refractivity contribution is 0.106. The summed E-state index contributed by atoms with van der Waals surface area (Å²) in [5, 5.41) is 14.8. The van der Waals surface area contributed by atoms with Crippen LogP contribution in [0.25, 0.3) is 11.0 Å². The second kappa shape index (κ2) is 8.36. The molecular weight excluding hydrogens is 354 g/mol. The summed E-state index contributed by atoms with van der Waals surface area (Å²) in [4.78, 5) is 11.5. The molecule has 1 atom stereocenters. The third-order valence-electron chi connectivity index (χ3n) is 3.96. The van der Waals surface area contributed by atoms with Gasteiger partial charge in [0.05, 0.1) is 0 Å². The molecule has 3 aromatic rings. The molecule has 26 heavy (non-hydrogen) atoms. The summed E-state index contributed by atoms with van der Waals surface area (Å²) in [6, 6.07) is 14.3. The van der Waals surface area contributed by atoms with Crippen molar-refractivity contribution in [2.45, 2.75) is 19.6 Å². The number of hydrogen-bond acceptors (Lipinski definition) is 5. The summed E-state index contributed by atoms with van der Waals surface area (Å²) < 4.78 is 10.8. The highest BCUT2D eigenvalue weighted by molar-refractivity contribution is 6.30. The highest BCUT2D eigenvalue weighted by atomic mass is 35.5. The fourth-order valence-electron chi connectivity index (χ4n) is 2.68. The van der Waals surface area contributed by atoms with Crippen LogP contribution in [0.15, 0.2) is 57.7 Å². The van der Waals surface area contributed by atoms with Crippen LogP contribution < -0.4 is 15.7 Å². The second-order valence-electron chi connectivity index (χ2n) is 6.13. The third-order valence-corrected chi connectivity index (χ3v) is 4.20. The summed E-state index contributed by atoms with van der Waals surface area (Å²) >= 11 is 5.94. The number of aliphatic hydroxyl groups excluding tert-OH is 1. The summed E-state index contributed by atoms with van der Waals surface area (Å²) in [5.41, 5.74) is 1.98. The van der Waals surface area contributed by atoms with E-state index < -0.39 is 11.7 Å². The lowest BCUT2D eigenvalue weighted by atomic mass is 10.1. The largest absolute Gasteiger partial charge is 0.491 e. The number of aryl methyl sites for hydroxylation is 1. The Bertz CT molecular complexity index is 954. The molecule has 0 saturated carbocycles. The first-order valence-corrected chi connectivity index (χ1v) is 8.69. The number of halogens is 1. The van der Waals surface area contributed by atoms with Crippen LogP contribution in [-0.4, -0.2) is 24.4 Å². The van der Waals surface area contributed by atoms with Crippen LogP contribution in [0, 0.1) is 6.92 Å². The Morgan fingerprint density at radius 2 is 2.08 bits per heavy atom. The van der Waals surface area contributed by atoms with Crippen molar-refractivity contribution in [1.82, 2.24) is 5.32 Å². The molecule has 1 unspecified atom stereocenters. The monoisotopic (exact) mass is 373 g/mol. The molecule has 0 bridgehead atoms. The van der Waals surface area contributed by atoms with Gasteiger partial charge < -0.3 is 19.6 Å². The summed E-state index contributed by atoms with van der Waals surface area (Å²) in [6.07, 6.45) is -0.672. The molecule has 0 saturated heterocycles. The van der Waals surface area contributed by atoms with Gasteiger partial charge in [-0.15, -0.1) is 0 Å². The molecule has 0 spiro atoms. The van der Waals surface area contributed by atoms with Crippen molar-refractivity contribution in [2.75, 3.05) is 13.2 Å². The van der Waals surface area contributed by atoms with Crippen LogP contribution in [0.4, 0.5) is 0 Å². The first-order valence-electron chi connectivity index (χ1n) is 8.32. The normalized spacial score (nSPS) is 12.3. The fraction of sp³-hybridized carbons (Fsp3) is 0.250. The van der Waals surface area contributed by atoms with Gasteiger partial charge in [-0.25, -0.2) is 4.79 Å². The van der Waals surface area contributed by atoms with Gasteiger partial charge >= 0.3 is 5.63 Å². The standard InChI is InChI=1S/C20H20ClNO4/c1-13-7-20(24)26-19-9-17(5-6-18(13)19)25-12-16(23)11-22-10-14-3-2-4-15(21)8-14/h2-9,16,22-23H,10-12H2,1H3. The fourth-order valence-corrected chi connectivity index (χ4v) is 2.89. The molecule has 0 fully saturated rings. The van der Waals surface area contributed by atoms with E-state index in [2.05, 4.69) is 5.32 Å². The zero-order chi connectivity index (χ0) is 18.5. The van der Waals surface area contributed by atoms with E-state index in [1.807, 2.05) is 37.3 Å². The number of benzene rings is 2. The molecule has 5 nitrogen and oxygen atoms in total. The topological polar surface area (TPSA) is 71.7 Å². The molecule has 0 radical (unpaired) electrons. The first kappa shape index (κ1) is 18.5. The van der Waals surface area contributed by atoms with E-state index in [0.717, 1.165) is 16.5 Å². The van der Waals surface area contributed by atoms with Crippen molar-refractivity contribution >= 4 is 22.6 Å². The van der Waals surface area contributed by atoms with E-state index in [1.165, 1.54) is 6.07 Å². The highest BCUT2D eigenvalue weighted by Gasteiger charge is 2.08. The number of fused-ring (bicyclic) bond motifs is 1. The van der Waals surface area contributed by atoms with Gasteiger partial charge in [-0.1, -0.05) is 23.7 Å². The van der Waals surface area contributed by atoms with Gasteiger partial charge in [0, 0.05) is 35.6 Å². The molecule has 2 aromatic carbocycles. The van der Waals surface area contributed by atoms with Crippen molar-refractivity contribution in [2.24, 2.45) is 0 Å². The molecular formula is C20H20ClNO4. The van der Waals surface area contributed by atoms with Gasteiger partial charge in [0.15, 0.2) is 0 Å². The van der Waals surface area contributed by atoms with E-state index in [0.29, 0.717) is 29.4 Å². The highest BCUT2D eigenvalue weighted by Crippen LogP contribution is 2.22. The Hall–Kier alpha value is -2.34. The average molecular weight is 374 g/mol.